The molecule has 0 saturated heterocycles. The number of nitrogens with one attached hydrogen (secondary N) is 1. The lowest BCUT2D eigenvalue weighted by Gasteiger charge is -2.31. The highest BCUT2D eigenvalue weighted by molar-refractivity contribution is 5.23. The molecule has 15 heavy (non-hydrogen) atoms. The SMILES string of the molecule is CNC1CCCCC1c1cccc(F)c1. The molecule has 2 unspecified atom stereocenters. The summed E-state index contributed by atoms with van der Waals surface area (Å²) in [4.78, 5) is 0. The molecule has 0 heterocycles. The van der Waals surface area contributed by atoms with Gasteiger partial charge in [0.2, 0.25) is 0 Å². The molecular weight excluding hydrogens is 189 g/mol. The first kappa shape index (κ1) is 10.6. The molecule has 0 amide bonds. The lowest BCUT2D eigenvalue weighted by molar-refractivity contribution is 0.343. The molecule has 0 aliphatic heterocycles. The minimum Gasteiger partial charge on any atom is -0.316 e. The Balaban J connectivity index is 2.20. The Hall–Kier alpha value is -0.890. The van der Waals surface area contributed by atoms with Crippen molar-refractivity contribution < 1.29 is 4.39 Å². The zero-order valence-electron chi connectivity index (χ0n) is 9.17. The standard InChI is InChI=1S/C13H18FN/c1-15-13-8-3-2-7-12(13)10-5-4-6-11(14)9-10/h4-6,9,12-13,15H,2-3,7-8H2,1H3. The summed E-state index contributed by atoms with van der Waals surface area (Å²) in [5, 5.41) is 3.35. The Morgan fingerprint density at radius 3 is 2.80 bits per heavy atom. The van der Waals surface area contributed by atoms with Gasteiger partial charge in [-0.3, -0.25) is 0 Å². The van der Waals surface area contributed by atoms with Crippen LogP contribution in [0.1, 0.15) is 37.2 Å². The maximum absolute atomic E-state index is 13.1. The Labute approximate surface area is 90.7 Å². The molecule has 2 heteroatoms. The predicted octanol–water partition coefficient (Wildman–Crippen LogP) is 3.07. The number of benzene rings is 1. The van der Waals surface area contributed by atoms with E-state index in [0.717, 1.165) is 5.56 Å². The van der Waals surface area contributed by atoms with Crippen molar-refractivity contribution in [3.8, 4) is 0 Å². The minimum absolute atomic E-state index is 0.118. The highest BCUT2D eigenvalue weighted by Crippen LogP contribution is 2.32. The lowest BCUT2D eigenvalue weighted by atomic mass is 9.80. The van der Waals surface area contributed by atoms with E-state index in [4.69, 9.17) is 0 Å². The molecule has 0 aromatic heterocycles. The second kappa shape index (κ2) is 4.75. The van der Waals surface area contributed by atoms with Gasteiger partial charge in [0.05, 0.1) is 0 Å². The van der Waals surface area contributed by atoms with Crippen LogP contribution in [0.25, 0.3) is 0 Å². The van der Waals surface area contributed by atoms with Crippen LogP contribution in [-0.2, 0) is 0 Å². The molecular formula is C13H18FN. The molecule has 1 aromatic carbocycles. The van der Waals surface area contributed by atoms with Gasteiger partial charge in [0, 0.05) is 6.04 Å². The third kappa shape index (κ3) is 2.37. The van der Waals surface area contributed by atoms with E-state index < -0.39 is 0 Å². The Morgan fingerprint density at radius 2 is 2.07 bits per heavy atom. The second-order valence-corrected chi connectivity index (χ2v) is 4.34. The minimum atomic E-state index is -0.118. The molecule has 1 aliphatic rings. The van der Waals surface area contributed by atoms with Crippen LogP contribution in [-0.4, -0.2) is 13.1 Å². The molecule has 2 atom stereocenters. The predicted molar refractivity (Wildman–Crippen MR) is 60.5 cm³/mol. The quantitative estimate of drug-likeness (QED) is 0.786. The normalized spacial score (nSPS) is 26.5. The van der Waals surface area contributed by atoms with Gasteiger partial charge >= 0.3 is 0 Å². The molecule has 1 N–H and O–H groups in total. The van der Waals surface area contributed by atoms with Gasteiger partial charge in [-0.1, -0.05) is 25.0 Å². The summed E-state index contributed by atoms with van der Waals surface area (Å²) in [6.07, 6.45) is 4.93. The Kier molecular flexibility index (Phi) is 3.37. The summed E-state index contributed by atoms with van der Waals surface area (Å²) in [6.45, 7) is 0. The van der Waals surface area contributed by atoms with Gasteiger partial charge in [0.15, 0.2) is 0 Å². The van der Waals surface area contributed by atoms with E-state index in [0.29, 0.717) is 12.0 Å². The van der Waals surface area contributed by atoms with Crippen molar-refractivity contribution in [1.82, 2.24) is 5.32 Å². The van der Waals surface area contributed by atoms with Crippen molar-refractivity contribution >= 4 is 0 Å². The zero-order valence-corrected chi connectivity index (χ0v) is 9.17. The van der Waals surface area contributed by atoms with Crippen LogP contribution >= 0.6 is 0 Å². The summed E-state index contributed by atoms with van der Waals surface area (Å²) in [6, 6.07) is 7.57. The fraction of sp³-hybridized carbons (Fsp3) is 0.538. The number of rotatable bonds is 2. The molecule has 1 fully saturated rings. The first-order chi connectivity index (χ1) is 7.31. The summed E-state index contributed by atoms with van der Waals surface area (Å²) in [5.41, 5.74) is 1.15. The van der Waals surface area contributed by atoms with E-state index in [1.807, 2.05) is 19.2 Å². The van der Waals surface area contributed by atoms with Crippen LogP contribution in [0.2, 0.25) is 0 Å². The van der Waals surface area contributed by atoms with E-state index in [1.165, 1.54) is 31.7 Å². The van der Waals surface area contributed by atoms with Gasteiger partial charge in [0.1, 0.15) is 5.82 Å². The summed E-state index contributed by atoms with van der Waals surface area (Å²) >= 11 is 0. The van der Waals surface area contributed by atoms with Crippen LogP contribution in [0.3, 0.4) is 0 Å². The number of halogens is 1. The van der Waals surface area contributed by atoms with Crippen LogP contribution in [0.4, 0.5) is 4.39 Å². The topological polar surface area (TPSA) is 12.0 Å². The monoisotopic (exact) mass is 207 g/mol. The van der Waals surface area contributed by atoms with Crippen molar-refractivity contribution in [3.05, 3.63) is 35.6 Å². The van der Waals surface area contributed by atoms with Crippen molar-refractivity contribution in [1.29, 1.82) is 0 Å². The summed E-state index contributed by atoms with van der Waals surface area (Å²) in [5.74, 6) is 0.368. The van der Waals surface area contributed by atoms with Crippen molar-refractivity contribution in [2.45, 2.75) is 37.6 Å². The van der Waals surface area contributed by atoms with E-state index in [2.05, 4.69) is 5.32 Å². The second-order valence-electron chi connectivity index (χ2n) is 4.34. The molecule has 1 aliphatic carbocycles. The average molecular weight is 207 g/mol. The van der Waals surface area contributed by atoms with Crippen LogP contribution < -0.4 is 5.32 Å². The van der Waals surface area contributed by atoms with E-state index in [-0.39, 0.29) is 5.82 Å². The van der Waals surface area contributed by atoms with Gasteiger partial charge in [-0.05, 0) is 43.5 Å². The van der Waals surface area contributed by atoms with Gasteiger partial charge in [-0.15, -0.1) is 0 Å². The zero-order chi connectivity index (χ0) is 10.7. The Morgan fingerprint density at radius 1 is 1.27 bits per heavy atom. The molecule has 2 rings (SSSR count). The van der Waals surface area contributed by atoms with Crippen LogP contribution in [0.5, 0.6) is 0 Å². The maximum Gasteiger partial charge on any atom is 0.123 e. The van der Waals surface area contributed by atoms with Gasteiger partial charge in [0.25, 0.3) is 0 Å². The number of hydrogen-bond donors (Lipinski definition) is 1. The van der Waals surface area contributed by atoms with Crippen molar-refractivity contribution in [3.63, 3.8) is 0 Å². The van der Waals surface area contributed by atoms with Gasteiger partial charge < -0.3 is 5.32 Å². The fourth-order valence-corrected chi connectivity index (χ4v) is 2.61. The largest absolute Gasteiger partial charge is 0.316 e. The lowest BCUT2D eigenvalue weighted by Crippen LogP contribution is -2.34. The maximum atomic E-state index is 13.1. The van der Waals surface area contributed by atoms with Crippen molar-refractivity contribution in [2.75, 3.05) is 7.05 Å². The fourth-order valence-electron chi connectivity index (χ4n) is 2.61. The molecule has 0 radical (unpaired) electrons. The highest BCUT2D eigenvalue weighted by Gasteiger charge is 2.25. The van der Waals surface area contributed by atoms with Gasteiger partial charge in [-0.2, -0.15) is 0 Å². The number of hydrogen-bond acceptors (Lipinski definition) is 1. The van der Waals surface area contributed by atoms with Gasteiger partial charge in [-0.25, -0.2) is 4.39 Å². The third-order valence-electron chi connectivity index (χ3n) is 3.41. The van der Waals surface area contributed by atoms with Crippen molar-refractivity contribution in [2.24, 2.45) is 0 Å². The molecule has 82 valence electrons. The Bertz CT molecular complexity index is 324. The van der Waals surface area contributed by atoms with E-state index >= 15 is 0 Å². The van der Waals surface area contributed by atoms with E-state index in [9.17, 15) is 4.39 Å². The van der Waals surface area contributed by atoms with Crippen LogP contribution in [0.15, 0.2) is 24.3 Å². The van der Waals surface area contributed by atoms with E-state index in [1.54, 1.807) is 6.07 Å². The number of likely N-dealkylation sites (N-methyl/N-ethyl adjacent to an activating group) is 1. The molecule has 1 saturated carbocycles. The molecule has 1 nitrogen and oxygen atoms in total. The van der Waals surface area contributed by atoms with Crippen LogP contribution in [0, 0.1) is 5.82 Å². The summed E-state index contributed by atoms with van der Waals surface area (Å²) in [7, 11) is 2.00. The highest BCUT2D eigenvalue weighted by atomic mass is 19.1. The smallest absolute Gasteiger partial charge is 0.123 e. The summed E-state index contributed by atoms with van der Waals surface area (Å²) < 4.78 is 13.1. The third-order valence-corrected chi connectivity index (χ3v) is 3.41. The first-order valence-corrected chi connectivity index (χ1v) is 5.74. The molecule has 1 aromatic rings. The molecule has 0 bridgehead atoms. The first-order valence-electron chi connectivity index (χ1n) is 5.74. The molecule has 0 spiro atoms. The average Bonchev–Trinajstić information content (AvgIpc) is 2.29.